The second-order valence-corrected chi connectivity index (χ2v) is 5.66. The zero-order chi connectivity index (χ0) is 15.3. The Morgan fingerprint density at radius 2 is 2.10 bits per heavy atom. The molecule has 0 unspecified atom stereocenters. The van der Waals surface area contributed by atoms with Gasteiger partial charge in [-0.3, -0.25) is 4.79 Å². The van der Waals surface area contributed by atoms with E-state index in [0.29, 0.717) is 17.2 Å². The number of aliphatic hydroxyl groups is 2. The lowest BCUT2D eigenvalue weighted by atomic mass is 9.99. The number of aromatic nitrogens is 1. The van der Waals surface area contributed by atoms with Crippen molar-refractivity contribution >= 4 is 28.8 Å². The van der Waals surface area contributed by atoms with Gasteiger partial charge < -0.3 is 19.9 Å². The molecule has 3 N–H and O–H groups in total. The molecule has 0 aliphatic rings. The normalized spacial score (nSPS) is 11.8. The maximum absolute atomic E-state index is 11.9. The van der Waals surface area contributed by atoms with Crippen molar-refractivity contribution in [3.05, 3.63) is 24.3 Å². The molecule has 2 aromatic rings. The van der Waals surface area contributed by atoms with Gasteiger partial charge in [-0.2, -0.15) is 0 Å². The predicted molar refractivity (Wildman–Crippen MR) is 80.1 cm³/mol. The highest BCUT2D eigenvalue weighted by Crippen LogP contribution is 2.23. The molecule has 0 radical (unpaired) electrons. The summed E-state index contributed by atoms with van der Waals surface area (Å²) in [7, 11) is 0. The zero-order valence-electron chi connectivity index (χ0n) is 11.7. The Morgan fingerprint density at radius 1 is 1.38 bits per heavy atom. The second-order valence-electron chi connectivity index (χ2n) is 4.73. The fourth-order valence-electron chi connectivity index (χ4n) is 1.81. The first kappa shape index (κ1) is 15.8. The Labute approximate surface area is 126 Å². The van der Waals surface area contributed by atoms with Gasteiger partial charge in [-0.1, -0.05) is 30.8 Å². The second kappa shape index (κ2) is 6.93. The highest BCUT2D eigenvalue weighted by atomic mass is 32.2. The van der Waals surface area contributed by atoms with Crippen LogP contribution in [0.15, 0.2) is 33.9 Å². The summed E-state index contributed by atoms with van der Waals surface area (Å²) in [6.07, 6.45) is 0.444. The maximum Gasteiger partial charge on any atom is 0.257 e. The molecule has 2 rings (SSSR count). The van der Waals surface area contributed by atoms with Crippen molar-refractivity contribution in [3.63, 3.8) is 0 Å². The summed E-state index contributed by atoms with van der Waals surface area (Å²) in [5, 5.41) is 21.7. The number of carbonyl (C=O) groups is 1. The third-order valence-electron chi connectivity index (χ3n) is 3.29. The van der Waals surface area contributed by atoms with Gasteiger partial charge in [0.2, 0.25) is 5.91 Å². The number of thioether (sulfide) groups is 1. The van der Waals surface area contributed by atoms with Gasteiger partial charge in [0.05, 0.1) is 24.5 Å². The van der Waals surface area contributed by atoms with E-state index in [1.54, 1.807) is 6.92 Å². The van der Waals surface area contributed by atoms with Gasteiger partial charge in [-0.25, -0.2) is 4.98 Å². The number of aliphatic hydroxyl groups excluding tert-OH is 2. The van der Waals surface area contributed by atoms with Gasteiger partial charge in [-0.15, -0.1) is 0 Å². The van der Waals surface area contributed by atoms with E-state index in [1.165, 1.54) is 11.8 Å². The van der Waals surface area contributed by atoms with Crippen LogP contribution in [-0.4, -0.2) is 45.6 Å². The molecule has 1 aromatic heterocycles. The van der Waals surface area contributed by atoms with Crippen LogP contribution in [0.4, 0.5) is 0 Å². The molecule has 0 atom stereocenters. The number of rotatable bonds is 7. The number of para-hydroxylation sites is 2. The average molecular weight is 310 g/mol. The molecule has 0 saturated heterocycles. The zero-order valence-corrected chi connectivity index (χ0v) is 12.5. The molecular formula is C14H18N2O4S. The molecule has 0 aliphatic heterocycles. The summed E-state index contributed by atoms with van der Waals surface area (Å²) >= 11 is 1.17. The smallest absolute Gasteiger partial charge is 0.257 e. The molecule has 1 aromatic carbocycles. The monoisotopic (exact) mass is 310 g/mol. The highest BCUT2D eigenvalue weighted by Gasteiger charge is 2.28. The molecule has 1 heterocycles. The van der Waals surface area contributed by atoms with Crippen LogP contribution in [0, 0.1) is 0 Å². The lowest BCUT2D eigenvalue weighted by molar-refractivity contribution is -0.121. The summed E-state index contributed by atoms with van der Waals surface area (Å²) in [4.78, 5) is 16.2. The number of fused-ring (bicyclic) bond motifs is 1. The number of nitrogens with one attached hydrogen (secondary N) is 1. The van der Waals surface area contributed by atoms with Gasteiger partial charge in [0.1, 0.15) is 5.52 Å². The molecule has 6 nitrogen and oxygen atoms in total. The summed E-state index contributed by atoms with van der Waals surface area (Å²) in [5.41, 5.74) is 0.446. The predicted octanol–water partition coefficient (Wildman–Crippen LogP) is 1.17. The van der Waals surface area contributed by atoms with E-state index in [4.69, 9.17) is 4.42 Å². The van der Waals surface area contributed by atoms with Crippen LogP contribution in [-0.2, 0) is 4.79 Å². The van der Waals surface area contributed by atoms with Crippen LogP contribution in [0.25, 0.3) is 11.1 Å². The standard InChI is InChI=1S/C14H18N2O4S/c1-2-14(8-17,9-18)16-12(19)7-21-13-15-10-5-3-4-6-11(10)20-13/h3-6,17-18H,2,7-9H2,1H3,(H,16,19). The molecule has 7 heteroatoms. The number of hydrogen-bond donors (Lipinski definition) is 3. The molecule has 0 saturated carbocycles. The van der Waals surface area contributed by atoms with E-state index in [-0.39, 0.29) is 24.9 Å². The lowest BCUT2D eigenvalue weighted by Crippen LogP contribution is -2.54. The minimum Gasteiger partial charge on any atom is -0.431 e. The number of benzene rings is 1. The van der Waals surface area contributed by atoms with Gasteiger partial charge in [0.25, 0.3) is 5.22 Å². The van der Waals surface area contributed by atoms with E-state index in [1.807, 2.05) is 24.3 Å². The summed E-state index contributed by atoms with van der Waals surface area (Å²) in [6, 6.07) is 7.37. The van der Waals surface area contributed by atoms with Crippen LogP contribution in [0.5, 0.6) is 0 Å². The summed E-state index contributed by atoms with van der Waals surface area (Å²) < 4.78 is 5.50. The minimum atomic E-state index is -0.973. The van der Waals surface area contributed by atoms with Crippen molar-refractivity contribution in [3.8, 4) is 0 Å². The molecular weight excluding hydrogens is 292 g/mol. The van der Waals surface area contributed by atoms with Crippen LogP contribution >= 0.6 is 11.8 Å². The summed E-state index contributed by atoms with van der Waals surface area (Å²) in [5.74, 6) is -0.179. The SMILES string of the molecule is CCC(CO)(CO)NC(=O)CSc1nc2ccccc2o1. The number of carbonyl (C=O) groups excluding carboxylic acids is 1. The molecule has 0 fully saturated rings. The first-order valence-electron chi connectivity index (χ1n) is 6.63. The molecule has 0 spiro atoms. The van der Waals surface area contributed by atoms with Crippen LogP contribution in [0.1, 0.15) is 13.3 Å². The van der Waals surface area contributed by atoms with Crippen LogP contribution in [0.2, 0.25) is 0 Å². The van der Waals surface area contributed by atoms with Crippen molar-refractivity contribution < 1.29 is 19.4 Å². The topological polar surface area (TPSA) is 95.6 Å². The number of hydrogen-bond acceptors (Lipinski definition) is 6. The molecule has 21 heavy (non-hydrogen) atoms. The van der Waals surface area contributed by atoms with Gasteiger partial charge >= 0.3 is 0 Å². The fraction of sp³-hybridized carbons (Fsp3) is 0.429. The van der Waals surface area contributed by atoms with E-state index in [2.05, 4.69) is 10.3 Å². The quantitative estimate of drug-likeness (QED) is 0.664. The van der Waals surface area contributed by atoms with Crippen molar-refractivity contribution in [2.45, 2.75) is 24.1 Å². The molecule has 1 amide bonds. The number of amides is 1. The van der Waals surface area contributed by atoms with Crippen molar-refractivity contribution in [1.29, 1.82) is 0 Å². The average Bonchev–Trinajstić information content (AvgIpc) is 2.94. The molecule has 114 valence electrons. The van der Waals surface area contributed by atoms with E-state index in [0.717, 1.165) is 5.52 Å². The van der Waals surface area contributed by atoms with Crippen LogP contribution < -0.4 is 5.32 Å². The van der Waals surface area contributed by atoms with E-state index >= 15 is 0 Å². The largest absolute Gasteiger partial charge is 0.431 e. The number of nitrogens with zero attached hydrogens (tertiary/aromatic N) is 1. The first-order valence-corrected chi connectivity index (χ1v) is 7.62. The molecule has 0 aliphatic carbocycles. The Morgan fingerprint density at radius 3 is 2.71 bits per heavy atom. The fourth-order valence-corrected chi connectivity index (χ4v) is 2.45. The van der Waals surface area contributed by atoms with Gasteiger partial charge in [0, 0.05) is 0 Å². The van der Waals surface area contributed by atoms with Crippen molar-refractivity contribution in [2.24, 2.45) is 0 Å². The Bertz CT molecular complexity index is 569. The van der Waals surface area contributed by atoms with E-state index in [9.17, 15) is 15.0 Å². The Hall–Kier alpha value is -1.57. The van der Waals surface area contributed by atoms with Gasteiger partial charge in [-0.05, 0) is 18.6 Å². The van der Waals surface area contributed by atoms with Crippen LogP contribution in [0.3, 0.4) is 0 Å². The Kier molecular flexibility index (Phi) is 5.22. The summed E-state index contributed by atoms with van der Waals surface area (Å²) in [6.45, 7) is 1.18. The third kappa shape index (κ3) is 3.75. The lowest BCUT2D eigenvalue weighted by Gasteiger charge is -2.29. The molecule has 0 bridgehead atoms. The Balaban J connectivity index is 1.94. The first-order chi connectivity index (χ1) is 10.1. The van der Waals surface area contributed by atoms with Gasteiger partial charge in [0.15, 0.2) is 5.58 Å². The highest BCUT2D eigenvalue weighted by molar-refractivity contribution is 7.99. The van der Waals surface area contributed by atoms with Crippen molar-refractivity contribution in [2.75, 3.05) is 19.0 Å². The number of oxazole rings is 1. The van der Waals surface area contributed by atoms with Crippen molar-refractivity contribution in [1.82, 2.24) is 10.3 Å². The van der Waals surface area contributed by atoms with E-state index < -0.39 is 5.54 Å². The minimum absolute atomic E-state index is 0.106. The maximum atomic E-state index is 11.9. The third-order valence-corrected chi connectivity index (χ3v) is 4.12.